The van der Waals surface area contributed by atoms with Crippen LogP contribution in [0, 0.1) is 0 Å². The van der Waals surface area contributed by atoms with E-state index in [4.69, 9.17) is 0 Å². The zero-order chi connectivity index (χ0) is 15.4. The van der Waals surface area contributed by atoms with Gasteiger partial charge in [-0.1, -0.05) is 18.2 Å². The predicted molar refractivity (Wildman–Crippen MR) is 85.0 cm³/mol. The maximum Gasteiger partial charge on any atom is 0.237 e. The van der Waals surface area contributed by atoms with E-state index in [-0.39, 0.29) is 18.0 Å². The molecule has 1 aromatic heterocycles. The van der Waals surface area contributed by atoms with Crippen LogP contribution in [0.3, 0.4) is 0 Å². The Bertz CT molecular complexity index is 618. The lowest BCUT2D eigenvalue weighted by atomic mass is 10.2. The molecule has 0 fully saturated rings. The number of hydrogen-bond donors (Lipinski definition) is 2. The first-order valence-electron chi connectivity index (χ1n) is 7.51. The number of nitrogens with one attached hydrogen (secondary N) is 2. The second-order valence-electron chi connectivity index (χ2n) is 5.55. The van der Waals surface area contributed by atoms with Gasteiger partial charge in [-0.25, -0.2) is 0 Å². The topological polar surface area (TPSA) is 59.0 Å². The fraction of sp³-hybridized carbons (Fsp3) is 0.500. The van der Waals surface area contributed by atoms with Crippen LogP contribution in [-0.2, 0) is 17.9 Å². The van der Waals surface area contributed by atoms with Gasteiger partial charge in [-0.15, -0.1) is 0 Å². The lowest BCUT2D eigenvalue weighted by molar-refractivity contribution is -0.123. The molecule has 1 aromatic carbocycles. The van der Waals surface area contributed by atoms with Crippen molar-refractivity contribution in [1.29, 1.82) is 0 Å². The van der Waals surface area contributed by atoms with E-state index in [1.54, 1.807) is 0 Å². The van der Waals surface area contributed by atoms with E-state index < -0.39 is 0 Å². The van der Waals surface area contributed by atoms with Gasteiger partial charge in [0.05, 0.1) is 17.3 Å². The minimum atomic E-state index is -0.238. The molecule has 0 saturated heterocycles. The van der Waals surface area contributed by atoms with Gasteiger partial charge in [0.1, 0.15) is 0 Å². The van der Waals surface area contributed by atoms with Gasteiger partial charge in [-0.05, 0) is 33.8 Å². The van der Waals surface area contributed by atoms with E-state index in [1.165, 1.54) is 0 Å². The number of para-hydroxylation sites is 1. The zero-order valence-corrected chi connectivity index (χ0v) is 13.2. The first kappa shape index (κ1) is 15.5. The van der Waals surface area contributed by atoms with E-state index >= 15 is 0 Å². The lowest BCUT2D eigenvalue weighted by Gasteiger charge is -2.15. The van der Waals surface area contributed by atoms with Gasteiger partial charge in [-0.3, -0.25) is 9.48 Å². The molecular formula is C16H24N4O. The Hall–Kier alpha value is -1.88. The SMILES string of the molecule is CCn1nc(CNC(C)C(=O)NC(C)C)c2ccccc21. The van der Waals surface area contributed by atoms with Gasteiger partial charge in [-0.2, -0.15) is 5.10 Å². The summed E-state index contributed by atoms with van der Waals surface area (Å²) in [6.07, 6.45) is 0. The van der Waals surface area contributed by atoms with Crippen LogP contribution in [-0.4, -0.2) is 27.8 Å². The van der Waals surface area contributed by atoms with E-state index in [1.807, 2.05) is 37.6 Å². The maximum atomic E-state index is 11.9. The first-order chi connectivity index (χ1) is 10.0. The normalized spacial score (nSPS) is 12.8. The molecule has 1 atom stereocenters. The Morgan fingerprint density at radius 3 is 2.67 bits per heavy atom. The highest BCUT2D eigenvalue weighted by atomic mass is 16.2. The monoisotopic (exact) mass is 288 g/mol. The van der Waals surface area contributed by atoms with E-state index in [0.717, 1.165) is 23.1 Å². The summed E-state index contributed by atoms with van der Waals surface area (Å²) < 4.78 is 1.99. The van der Waals surface area contributed by atoms with Crippen molar-refractivity contribution in [2.45, 2.75) is 52.9 Å². The molecule has 0 saturated carbocycles. The standard InChI is InChI=1S/C16H24N4O/c1-5-20-15-9-7-6-8-13(15)14(19-20)10-17-12(4)16(21)18-11(2)3/h6-9,11-12,17H,5,10H2,1-4H3,(H,18,21). The average molecular weight is 288 g/mol. The summed E-state index contributed by atoms with van der Waals surface area (Å²) in [4.78, 5) is 11.9. The molecule has 2 rings (SSSR count). The summed E-state index contributed by atoms with van der Waals surface area (Å²) in [5.74, 6) is 0.0178. The van der Waals surface area contributed by atoms with Gasteiger partial charge in [0.25, 0.3) is 0 Å². The van der Waals surface area contributed by atoms with Crippen molar-refractivity contribution in [3.63, 3.8) is 0 Å². The highest BCUT2D eigenvalue weighted by Gasteiger charge is 2.15. The molecule has 5 nitrogen and oxygen atoms in total. The number of rotatable bonds is 6. The summed E-state index contributed by atoms with van der Waals surface area (Å²) in [5.41, 5.74) is 2.12. The van der Waals surface area contributed by atoms with Crippen LogP contribution in [0.4, 0.5) is 0 Å². The molecule has 0 aliphatic heterocycles. The van der Waals surface area contributed by atoms with Crippen molar-refractivity contribution >= 4 is 16.8 Å². The van der Waals surface area contributed by atoms with Crippen LogP contribution in [0.1, 0.15) is 33.4 Å². The molecular weight excluding hydrogens is 264 g/mol. The fourth-order valence-electron chi connectivity index (χ4n) is 2.32. The molecule has 0 aliphatic carbocycles. The molecule has 1 heterocycles. The Morgan fingerprint density at radius 1 is 1.29 bits per heavy atom. The minimum absolute atomic E-state index is 0.0178. The number of hydrogen-bond acceptors (Lipinski definition) is 3. The summed E-state index contributed by atoms with van der Waals surface area (Å²) in [6.45, 7) is 9.29. The Labute approximate surface area is 125 Å². The van der Waals surface area contributed by atoms with E-state index in [9.17, 15) is 4.79 Å². The van der Waals surface area contributed by atoms with Crippen LogP contribution < -0.4 is 10.6 Å². The third-order valence-corrected chi connectivity index (χ3v) is 3.43. The molecule has 2 N–H and O–H groups in total. The second kappa shape index (κ2) is 6.72. The third kappa shape index (κ3) is 3.61. The molecule has 1 unspecified atom stereocenters. The lowest BCUT2D eigenvalue weighted by Crippen LogP contribution is -2.44. The van der Waals surface area contributed by atoms with Crippen molar-refractivity contribution in [1.82, 2.24) is 20.4 Å². The first-order valence-corrected chi connectivity index (χ1v) is 7.51. The van der Waals surface area contributed by atoms with E-state index in [0.29, 0.717) is 6.54 Å². The highest BCUT2D eigenvalue weighted by molar-refractivity contribution is 5.83. The van der Waals surface area contributed by atoms with Crippen LogP contribution in [0.15, 0.2) is 24.3 Å². The van der Waals surface area contributed by atoms with Crippen molar-refractivity contribution in [3.05, 3.63) is 30.0 Å². The Kier molecular flexibility index (Phi) is 4.96. The number of amides is 1. The van der Waals surface area contributed by atoms with Crippen molar-refractivity contribution in [2.24, 2.45) is 0 Å². The van der Waals surface area contributed by atoms with Gasteiger partial charge < -0.3 is 10.6 Å². The summed E-state index contributed by atoms with van der Waals surface area (Å²) in [6, 6.07) is 8.10. The fourth-order valence-corrected chi connectivity index (χ4v) is 2.32. The van der Waals surface area contributed by atoms with Gasteiger partial charge in [0, 0.05) is 24.5 Å². The summed E-state index contributed by atoms with van der Waals surface area (Å²) in [7, 11) is 0. The predicted octanol–water partition coefficient (Wildman–Crippen LogP) is 2.06. The molecule has 2 aromatic rings. The Morgan fingerprint density at radius 2 is 2.00 bits per heavy atom. The smallest absolute Gasteiger partial charge is 0.237 e. The number of carbonyl (C=O) groups is 1. The summed E-state index contributed by atoms with van der Waals surface area (Å²) in [5, 5.41) is 11.9. The van der Waals surface area contributed by atoms with Gasteiger partial charge in [0.2, 0.25) is 5.91 Å². The molecule has 114 valence electrons. The average Bonchev–Trinajstić information content (AvgIpc) is 2.82. The van der Waals surface area contributed by atoms with Gasteiger partial charge in [0.15, 0.2) is 0 Å². The third-order valence-electron chi connectivity index (χ3n) is 3.43. The van der Waals surface area contributed by atoms with Crippen LogP contribution in [0.25, 0.3) is 10.9 Å². The van der Waals surface area contributed by atoms with Crippen molar-refractivity contribution in [2.75, 3.05) is 0 Å². The molecule has 0 bridgehead atoms. The minimum Gasteiger partial charge on any atom is -0.353 e. The number of benzene rings is 1. The largest absolute Gasteiger partial charge is 0.353 e. The van der Waals surface area contributed by atoms with Crippen LogP contribution >= 0.6 is 0 Å². The van der Waals surface area contributed by atoms with Crippen molar-refractivity contribution < 1.29 is 4.79 Å². The number of aromatic nitrogens is 2. The number of aryl methyl sites for hydroxylation is 1. The molecule has 21 heavy (non-hydrogen) atoms. The summed E-state index contributed by atoms with van der Waals surface area (Å²) >= 11 is 0. The van der Waals surface area contributed by atoms with Gasteiger partial charge >= 0.3 is 0 Å². The van der Waals surface area contributed by atoms with Crippen molar-refractivity contribution in [3.8, 4) is 0 Å². The number of nitrogens with zero attached hydrogens (tertiary/aromatic N) is 2. The highest BCUT2D eigenvalue weighted by Crippen LogP contribution is 2.18. The second-order valence-corrected chi connectivity index (χ2v) is 5.55. The van der Waals surface area contributed by atoms with E-state index in [2.05, 4.69) is 34.8 Å². The molecule has 0 aliphatic rings. The Balaban J connectivity index is 2.08. The molecule has 0 radical (unpaired) electrons. The zero-order valence-electron chi connectivity index (χ0n) is 13.2. The molecule has 0 spiro atoms. The number of carbonyl (C=O) groups excluding carboxylic acids is 1. The quantitative estimate of drug-likeness (QED) is 0.855. The number of fused-ring (bicyclic) bond motifs is 1. The van der Waals surface area contributed by atoms with Crippen LogP contribution in [0.2, 0.25) is 0 Å². The maximum absolute atomic E-state index is 11.9. The van der Waals surface area contributed by atoms with Crippen LogP contribution in [0.5, 0.6) is 0 Å². The molecule has 5 heteroatoms. The molecule has 1 amide bonds.